The topological polar surface area (TPSA) is 0 Å². The Morgan fingerprint density at radius 1 is 0.283 bits per heavy atom. The molecule has 0 aliphatic heterocycles. The van der Waals surface area contributed by atoms with E-state index < -0.39 is 63.6 Å². The van der Waals surface area contributed by atoms with Crippen molar-refractivity contribution < 1.29 is 70.2 Å². The lowest BCUT2D eigenvalue weighted by Crippen LogP contribution is -2.43. The van der Waals surface area contributed by atoms with Gasteiger partial charge in [-0.1, -0.05) is 404 Å². The van der Waals surface area contributed by atoms with E-state index in [-0.39, 0.29) is 68.1 Å². The van der Waals surface area contributed by atoms with Crippen molar-refractivity contribution in [3.63, 3.8) is 0 Å². The number of hydrogen-bond acceptors (Lipinski definition) is 0. The fourth-order valence-corrected chi connectivity index (χ4v) is 12.2. The van der Waals surface area contributed by atoms with Crippen LogP contribution in [0, 0.1) is 112 Å². The molecule has 1 fully saturated rings. The minimum Gasteiger partial charge on any atom is -0.244 e. The smallest absolute Gasteiger partial charge is 0.244 e. The highest BCUT2D eigenvalue weighted by Gasteiger charge is 2.55. The highest BCUT2D eigenvalue weighted by Crippen LogP contribution is 2.52. The molecule has 1 rings (SSSR count). The number of hydrogen-bond donors (Lipinski definition) is 0. The second kappa shape index (κ2) is 56.5. The third-order valence-corrected chi connectivity index (χ3v) is 25.5. The molecule has 1 aliphatic rings. The molecule has 113 heavy (non-hydrogen) atoms. The van der Waals surface area contributed by atoms with Gasteiger partial charge in [-0.05, 0) is 162 Å². The molecule has 700 valence electrons. The van der Waals surface area contributed by atoms with Crippen molar-refractivity contribution in [2.45, 2.75) is 518 Å². The summed E-state index contributed by atoms with van der Waals surface area (Å²) in [7, 11) is 0. The van der Waals surface area contributed by atoms with E-state index in [4.69, 9.17) is 0 Å². The molecule has 0 radical (unpaired) electrons. The molecule has 0 aromatic heterocycles. The Bertz CT molecular complexity index is 2110. The van der Waals surface area contributed by atoms with Crippen molar-refractivity contribution in [3.8, 4) is 0 Å². The molecule has 0 bridgehead atoms. The van der Waals surface area contributed by atoms with Gasteiger partial charge < -0.3 is 0 Å². The van der Waals surface area contributed by atoms with Crippen LogP contribution >= 0.6 is 0 Å². The van der Waals surface area contributed by atoms with E-state index in [1.54, 1.807) is 62.3 Å². The lowest BCUT2D eigenvalue weighted by molar-refractivity contribution is -0.240. The van der Waals surface area contributed by atoms with Crippen molar-refractivity contribution in [2.24, 2.45) is 112 Å². The van der Waals surface area contributed by atoms with Crippen LogP contribution < -0.4 is 0 Å². The van der Waals surface area contributed by atoms with E-state index in [0.717, 1.165) is 37.5 Å². The van der Waals surface area contributed by atoms with E-state index in [2.05, 4.69) is 208 Å². The summed E-state index contributed by atoms with van der Waals surface area (Å²) >= 11 is 0. The maximum absolute atomic E-state index is 13.2. The van der Waals surface area contributed by atoms with E-state index in [1.165, 1.54) is 86.5 Å². The molecule has 0 aromatic carbocycles. The minimum absolute atomic E-state index is 0.0478. The van der Waals surface area contributed by atoms with Crippen LogP contribution in [0.1, 0.15) is 482 Å². The summed E-state index contributed by atoms with van der Waals surface area (Å²) in [5.41, 5.74) is -4.46. The molecule has 0 N–H and O–H groups in total. The maximum Gasteiger partial charge on any atom is 0.394 e. The van der Waals surface area contributed by atoms with Crippen LogP contribution in [0.3, 0.4) is 0 Å². The first-order chi connectivity index (χ1) is 49.2. The van der Waals surface area contributed by atoms with Crippen LogP contribution in [0.2, 0.25) is 0 Å². The molecular formula is C97H200F16. The van der Waals surface area contributed by atoms with Gasteiger partial charge in [0.05, 0.1) is 27.1 Å². The molecule has 3 unspecified atom stereocenters. The molecule has 0 heterocycles. The molecule has 0 aromatic rings. The maximum atomic E-state index is 13.2. The Labute approximate surface area is 696 Å². The lowest BCUT2D eigenvalue weighted by Gasteiger charge is -2.41. The van der Waals surface area contributed by atoms with Crippen LogP contribution in [-0.4, -0.2) is 36.6 Å². The summed E-state index contributed by atoms with van der Waals surface area (Å²) in [4.78, 5) is 0. The molecule has 16 heteroatoms. The quantitative estimate of drug-likeness (QED) is 0.113. The van der Waals surface area contributed by atoms with Gasteiger partial charge in [-0.25, -0.2) is 4.39 Å². The van der Waals surface area contributed by atoms with Crippen LogP contribution in [-0.2, 0) is 0 Å². The number of halogens is 16. The summed E-state index contributed by atoms with van der Waals surface area (Å²) in [6, 6.07) is 0. The Hall–Kier alpha value is -1.12. The first-order valence-electron chi connectivity index (χ1n) is 44.2. The average Bonchev–Trinajstić information content (AvgIpc) is 0.796. The van der Waals surface area contributed by atoms with Crippen molar-refractivity contribution in [2.75, 3.05) is 0 Å². The van der Waals surface area contributed by atoms with Crippen molar-refractivity contribution in [1.82, 2.24) is 0 Å². The molecule has 0 nitrogen and oxygen atoms in total. The van der Waals surface area contributed by atoms with Gasteiger partial charge in [0.25, 0.3) is 0 Å². The van der Waals surface area contributed by atoms with Crippen molar-refractivity contribution >= 4 is 0 Å². The first kappa shape index (κ1) is 135. The van der Waals surface area contributed by atoms with Gasteiger partial charge in [-0.2, -0.15) is 65.9 Å². The molecule has 1 aliphatic carbocycles. The minimum atomic E-state index is -4.12. The van der Waals surface area contributed by atoms with Gasteiger partial charge in [0, 0.05) is 0 Å². The first-order valence-corrected chi connectivity index (χ1v) is 44.2. The molecule has 1 saturated carbocycles. The Morgan fingerprint density at radius 2 is 0.540 bits per heavy atom. The van der Waals surface area contributed by atoms with Crippen LogP contribution in [0.15, 0.2) is 0 Å². The largest absolute Gasteiger partial charge is 0.394 e. The molecule has 0 saturated heterocycles. The SMILES string of the molecule is CC(C)(C)C.CC(C)C(C(C)C)C(C)(C)C(F)(F)F.CC(C)C(C)(C)C.CC1(C)CCC(C)(F)CC1.CCC(C)(C(C)C)C(F)(F)F.CCC(C)(C)C.CCC(C)(CC)C(C)(C)C.CCC(C)(CC)C(F)(F)F.CCC(CC)C(C)(C)C.CCC(CC)C(C)(CC)C(F)(F)F.CCCC(C)(C)C.CCCC(C)(CC)C(F)(F)F. The second-order valence-corrected chi connectivity index (χ2v) is 44.1. The predicted molar refractivity (Wildman–Crippen MR) is 472 cm³/mol. The van der Waals surface area contributed by atoms with E-state index >= 15 is 0 Å². The van der Waals surface area contributed by atoms with Crippen LogP contribution in [0.5, 0.6) is 0 Å². The fourth-order valence-electron chi connectivity index (χ4n) is 12.2. The number of alkyl halides is 16. The van der Waals surface area contributed by atoms with Crippen LogP contribution in [0.25, 0.3) is 0 Å². The predicted octanol–water partition coefficient (Wildman–Crippen LogP) is 40.3. The Morgan fingerprint density at radius 3 is 0.593 bits per heavy atom. The van der Waals surface area contributed by atoms with Gasteiger partial charge in [0.15, 0.2) is 0 Å². The highest BCUT2D eigenvalue weighted by atomic mass is 19.4. The zero-order chi connectivity index (χ0) is 94.7. The molecule has 3 atom stereocenters. The summed E-state index contributed by atoms with van der Waals surface area (Å²) in [5, 5.41) is 0. The van der Waals surface area contributed by atoms with Crippen LogP contribution in [0.4, 0.5) is 70.2 Å². The fraction of sp³-hybridized carbons (Fsp3) is 1.00. The van der Waals surface area contributed by atoms with Gasteiger partial charge in [-0.3, -0.25) is 0 Å². The van der Waals surface area contributed by atoms with Crippen molar-refractivity contribution in [1.29, 1.82) is 0 Å². The van der Waals surface area contributed by atoms with Gasteiger partial charge >= 0.3 is 30.9 Å². The third-order valence-electron chi connectivity index (χ3n) is 25.5. The lowest BCUT2D eigenvalue weighted by atomic mass is 9.65. The number of rotatable bonds is 19. The normalized spacial score (nSPS) is 16.2. The van der Waals surface area contributed by atoms with Gasteiger partial charge in [0.2, 0.25) is 0 Å². The Kier molecular flexibility index (Phi) is 67.6. The highest BCUT2D eigenvalue weighted by molar-refractivity contribution is 4.91. The third kappa shape index (κ3) is 62.6. The van der Waals surface area contributed by atoms with Gasteiger partial charge in [-0.15, -0.1) is 0 Å². The second-order valence-electron chi connectivity index (χ2n) is 44.1. The molecular weight excluding hydrogens is 1470 g/mol. The summed E-state index contributed by atoms with van der Waals surface area (Å²) in [6.45, 7) is 101. The van der Waals surface area contributed by atoms with E-state index in [9.17, 15) is 70.2 Å². The van der Waals surface area contributed by atoms with Crippen molar-refractivity contribution in [3.05, 3.63) is 0 Å². The zero-order valence-corrected chi connectivity index (χ0v) is 84.7. The van der Waals surface area contributed by atoms with E-state index in [0.29, 0.717) is 62.6 Å². The van der Waals surface area contributed by atoms with Gasteiger partial charge in [0.1, 0.15) is 5.67 Å². The molecule has 0 amide bonds. The Balaban J connectivity index is -0.000000113. The standard InChI is InChI=1S/C11H21F3.C10H19F3.C10H22.C9H17F.C9H20.2C8H15F3.C7H13F3.2C7H16.C6H14.C5H12/c1-7(2)9(8(3)4)10(5,6)11(12,13)14;1-5-8(6-2)9(4,7-3)10(11,12)13;1-7-10(6,8-2)9(3,4)5;1-8(2)4-6-9(3,10)7-5-8;1-6-8(7-2)9(3,4)5;1-5-7(4,6(2)3)8(9,10)11;1-4-6-7(3,5-2)8(9,10)11;1-4-6(3,5-2)7(8,9)10;1-6(2)7(3,4)5;1-5-6-7(2,3)4;1-5-6(2,3)4;1-5(2,3)4/h7-9H,1-6H3;8H,5-7H2,1-4H3;7-8H2,1-6H3;4-7H2,1-3H3;8H,6-7H2,1-5H3;6H,5H2,1-4H3;4-6H2,1-3H3;4-5H2,1-3H3;6H,1-5H3;5-6H2,1-4H3;5H2,1-4H3;1-4H3. The average molecular weight is 1670 g/mol. The summed E-state index contributed by atoms with van der Waals surface area (Å²) < 4.78 is 200. The molecule has 0 spiro atoms. The zero-order valence-electron chi connectivity index (χ0n) is 84.7. The monoisotopic (exact) mass is 1670 g/mol. The summed E-state index contributed by atoms with van der Waals surface area (Å²) in [6.07, 6.45) is -4.82. The van der Waals surface area contributed by atoms with E-state index in [1.807, 2.05) is 41.5 Å². The summed E-state index contributed by atoms with van der Waals surface area (Å²) in [5.74, 6) is 0.857.